The largest absolute Gasteiger partial charge is 0.414 e. The smallest absolute Gasteiger partial charge is 0.192 e. The number of nitrogens with zero attached hydrogens (tertiary/aromatic N) is 3. The highest BCUT2D eigenvalue weighted by Crippen LogP contribution is 2.42. The van der Waals surface area contributed by atoms with Crippen molar-refractivity contribution in [3.05, 3.63) is 29.2 Å². The summed E-state index contributed by atoms with van der Waals surface area (Å²) in [6.45, 7) is 20.0. The molecule has 1 saturated heterocycles. The van der Waals surface area contributed by atoms with Gasteiger partial charge in [-0.05, 0) is 42.4 Å². The van der Waals surface area contributed by atoms with E-state index in [4.69, 9.17) is 25.7 Å². The summed E-state index contributed by atoms with van der Waals surface area (Å²) in [5.74, 6) is 1.29. The van der Waals surface area contributed by atoms with E-state index >= 15 is 0 Å². The molecule has 0 saturated carbocycles. The first-order valence-electron chi connectivity index (χ1n) is 10.9. The van der Waals surface area contributed by atoms with Crippen molar-refractivity contribution in [3.8, 4) is 0 Å². The number of pyridine rings is 2. The first-order valence-corrected chi connectivity index (χ1v) is 14.1. The number of ether oxygens (including phenoxy) is 1. The molecule has 30 heavy (non-hydrogen) atoms. The summed E-state index contributed by atoms with van der Waals surface area (Å²) in [7, 11) is -1.76. The van der Waals surface area contributed by atoms with E-state index in [9.17, 15) is 0 Å². The first kappa shape index (κ1) is 23.5. The number of halogens is 1. The number of fused-ring (bicyclic) bond motifs is 1. The van der Waals surface area contributed by atoms with Gasteiger partial charge in [-0.3, -0.25) is 0 Å². The number of hydrogen-bond donors (Lipinski definition) is 0. The molecule has 166 valence electrons. The molecule has 1 atom stereocenters. The van der Waals surface area contributed by atoms with Crippen LogP contribution in [0.15, 0.2) is 18.5 Å². The predicted molar refractivity (Wildman–Crippen MR) is 128 cm³/mol. The van der Waals surface area contributed by atoms with Gasteiger partial charge in [-0.1, -0.05) is 46.2 Å². The third-order valence-corrected chi connectivity index (χ3v) is 11.5. The predicted octanol–water partition coefficient (Wildman–Crippen LogP) is 6.37. The monoisotopic (exact) mass is 449 g/mol. The second kappa shape index (κ2) is 8.38. The topological polar surface area (TPSA) is 47.5 Å². The van der Waals surface area contributed by atoms with E-state index in [0.29, 0.717) is 24.3 Å². The standard InChI is InChI=1S/C23H36ClN3O2Si/c1-16(2)20-18-13-19(24)25-14-17(18)15-26-21(20)27-10-9-23(27,6)28-11-12-29-30(7,8)22(3,4)5/h13-16H,9-12H2,1-8H3. The van der Waals surface area contributed by atoms with E-state index in [1.54, 1.807) is 6.20 Å². The van der Waals surface area contributed by atoms with Crippen molar-refractivity contribution in [1.82, 2.24) is 9.97 Å². The normalized spacial score (nSPS) is 20.1. The molecule has 0 spiro atoms. The van der Waals surface area contributed by atoms with Gasteiger partial charge in [0.25, 0.3) is 0 Å². The molecule has 0 N–H and O–H groups in total. The highest BCUT2D eigenvalue weighted by Gasteiger charge is 2.44. The van der Waals surface area contributed by atoms with Crippen LogP contribution in [-0.4, -0.2) is 43.8 Å². The Labute approximate surface area is 187 Å². The lowest BCUT2D eigenvalue weighted by molar-refractivity contribution is -0.0815. The molecule has 0 aromatic carbocycles. The Morgan fingerprint density at radius 3 is 2.43 bits per heavy atom. The molecule has 3 heterocycles. The van der Waals surface area contributed by atoms with Crippen molar-refractivity contribution < 1.29 is 9.16 Å². The van der Waals surface area contributed by atoms with E-state index in [2.05, 4.69) is 64.5 Å². The van der Waals surface area contributed by atoms with Crippen LogP contribution in [-0.2, 0) is 9.16 Å². The Balaban J connectivity index is 1.77. The molecule has 1 fully saturated rings. The summed E-state index contributed by atoms with van der Waals surface area (Å²) in [5.41, 5.74) is 0.835. The Morgan fingerprint density at radius 2 is 1.87 bits per heavy atom. The van der Waals surface area contributed by atoms with Crippen molar-refractivity contribution >= 4 is 36.5 Å². The molecule has 7 heteroatoms. The van der Waals surface area contributed by atoms with Crippen molar-refractivity contribution in [1.29, 1.82) is 0 Å². The molecule has 2 aromatic heterocycles. The fourth-order valence-electron chi connectivity index (χ4n) is 3.67. The maximum Gasteiger partial charge on any atom is 0.192 e. The molecule has 1 aliphatic heterocycles. The van der Waals surface area contributed by atoms with Crippen LogP contribution in [0.2, 0.25) is 23.3 Å². The minimum Gasteiger partial charge on any atom is -0.414 e. The van der Waals surface area contributed by atoms with Gasteiger partial charge in [0.15, 0.2) is 8.32 Å². The molecule has 0 amide bonds. The van der Waals surface area contributed by atoms with Crippen molar-refractivity contribution in [3.63, 3.8) is 0 Å². The number of aromatic nitrogens is 2. The molecule has 0 radical (unpaired) electrons. The fraction of sp³-hybridized carbons (Fsp3) is 0.652. The average molecular weight is 450 g/mol. The lowest BCUT2D eigenvalue weighted by Gasteiger charge is -2.51. The van der Waals surface area contributed by atoms with Gasteiger partial charge in [-0.25, -0.2) is 9.97 Å². The van der Waals surface area contributed by atoms with E-state index in [1.807, 2.05) is 12.3 Å². The highest BCUT2D eigenvalue weighted by atomic mass is 35.5. The maximum atomic E-state index is 6.36. The Kier molecular flexibility index (Phi) is 6.55. The van der Waals surface area contributed by atoms with Gasteiger partial charge in [0, 0.05) is 36.3 Å². The Bertz CT molecular complexity index is 913. The van der Waals surface area contributed by atoms with Gasteiger partial charge in [0.05, 0.1) is 13.2 Å². The van der Waals surface area contributed by atoms with E-state index < -0.39 is 8.32 Å². The van der Waals surface area contributed by atoms with Crippen LogP contribution in [0.1, 0.15) is 59.4 Å². The number of rotatable bonds is 7. The van der Waals surface area contributed by atoms with Crippen molar-refractivity contribution in [2.24, 2.45) is 0 Å². The van der Waals surface area contributed by atoms with Crippen molar-refractivity contribution in [2.75, 3.05) is 24.7 Å². The molecule has 5 nitrogen and oxygen atoms in total. The van der Waals surface area contributed by atoms with E-state index in [-0.39, 0.29) is 10.8 Å². The fourth-order valence-corrected chi connectivity index (χ4v) is 4.86. The molecular formula is C23H36ClN3O2Si. The molecular weight excluding hydrogens is 414 g/mol. The summed E-state index contributed by atoms with van der Waals surface area (Å²) in [5, 5.41) is 2.84. The maximum absolute atomic E-state index is 6.36. The number of anilines is 1. The minimum absolute atomic E-state index is 0.205. The zero-order valence-corrected chi connectivity index (χ0v) is 21.4. The first-order chi connectivity index (χ1) is 13.9. The summed E-state index contributed by atoms with van der Waals surface area (Å²) in [6.07, 6.45) is 4.66. The quantitative estimate of drug-likeness (QED) is 0.279. The summed E-state index contributed by atoms with van der Waals surface area (Å²) >= 11 is 6.20. The summed E-state index contributed by atoms with van der Waals surface area (Å²) in [6, 6.07) is 1.95. The molecule has 1 aliphatic rings. The van der Waals surface area contributed by atoms with Gasteiger partial charge >= 0.3 is 0 Å². The van der Waals surface area contributed by atoms with Gasteiger partial charge in [0.2, 0.25) is 0 Å². The van der Waals surface area contributed by atoms with Crippen LogP contribution in [0.3, 0.4) is 0 Å². The second-order valence-electron chi connectivity index (χ2n) is 10.3. The summed E-state index contributed by atoms with van der Waals surface area (Å²) in [4.78, 5) is 11.3. The lowest BCUT2D eigenvalue weighted by atomic mass is 9.93. The van der Waals surface area contributed by atoms with Crippen LogP contribution in [0.4, 0.5) is 5.82 Å². The third kappa shape index (κ3) is 4.52. The summed E-state index contributed by atoms with van der Waals surface area (Å²) < 4.78 is 12.6. The zero-order chi connectivity index (χ0) is 22.3. The van der Waals surface area contributed by atoms with Crippen LogP contribution in [0, 0.1) is 0 Å². The molecule has 1 unspecified atom stereocenters. The van der Waals surface area contributed by atoms with E-state index in [1.165, 1.54) is 5.56 Å². The lowest BCUT2D eigenvalue weighted by Crippen LogP contribution is -2.61. The van der Waals surface area contributed by atoms with Gasteiger partial charge in [-0.15, -0.1) is 0 Å². The molecule has 0 bridgehead atoms. The Morgan fingerprint density at radius 1 is 1.20 bits per heavy atom. The van der Waals surface area contributed by atoms with Gasteiger partial charge in [-0.2, -0.15) is 0 Å². The number of hydrogen-bond acceptors (Lipinski definition) is 5. The average Bonchev–Trinajstić information content (AvgIpc) is 2.62. The van der Waals surface area contributed by atoms with Gasteiger partial charge in [0.1, 0.15) is 16.7 Å². The van der Waals surface area contributed by atoms with Crippen LogP contribution in [0.5, 0.6) is 0 Å². The van der Waals surface area contributed by atoms with Crippen LogP contribution in [0.25, 0.3) is 10.8 Å². The molecule has 3 rings (SSSR count). The highest BCUT2D eigenvalue weighted by molar-refractivity contribution is 6.74. The minimum atomic E-state index is -1.76. The van der Waals surface area contributed by atoms with Gasteiger partial charge < -0.3 is 14.1 Å². The van der Waals surface area contributed by atoms with Crippen LogP contribution >= 0.6 is 11.6 Å². The third-order valence-electron chi connectivity index (χ3n) is 6.73. The van der Waals surface area contributed by atoms with Crippen LogP contribution < -0.4 is 4.90 Å². The van der Waals surface area contributed by atoms with Crippen molar-refractivity contribution in [2.45, 2.75) is 77.7 Å². The Hall–Kier alpha value is -1.21. The molecule has 2 aromatic rings. The molecule has 0 aliphatic carbocycles. The SMILES string of the molecule is CC(C)c1c(N2CCC2(C)OCCO[Si](C)(C)C(C)(C)C)ncc2cnc(Cl)cc12. The second-order valence-corrected chi connectivity index (χ2v) is 15.5. The van der Waals surface area contributed by atoms with E-state index in [0.717, 1.165) is 29.6 Å². The zero-order valence-electron chi connectivity index (χ0n) is 19.7.